The fourth-order valence-electron chi connectivity index (χ4n) is 1.12. The van der Waals surface area contributed by atoms with Crippen molar-refractivity contribution in [1.29, 1.82) is 0 Å². The summed E-state index contributed by atoms with van der Waals surface area (Å²) in [6.07, 6.45) is 0. The molecule has 0 heterocycles. The van der Waals surface area contributed by atoms with Crippen LogP contribution in [0.2, 0.25) is 10.0 Å². The minimum atomic E-state index is 0.393. The van der Waals surface area contributed by atoms with E-state index in [2.05, 4.69) is 29.8 Å². The molecule has 0 nitrogen and oxygen atoms in total. The molecule has 1 rings (SSSR count). The lowest BCUT2D eigenvalue weighted by Crippen LogP contribution is -2.04. The van der Waals surface area contributed by atoms with Gasteiger partial charge in [0.2, 0.25) is 0 Å². The molecule has 1 aromatic rings. The first-order valence-corrected chi connectivity index (χ1v) is 5.78. The number of hydrogen-bond donors (Lipinski definition) is 0. The second kappa shape index (κ2) is 4.68. The third-order valence-electron chi connectivity index (χ3n) is 2.14. The summed E-state index contributed by atoms with van der Waals surface area (Å²) >= 11 is 15.4. The zero-order valence-corrected chi connectivity index (χ0v) is 10.6. The molecule has 0 fully saturated rings. The van der Waals surface area contributed by atoms with Crippen molar-refractivity contribution in [2.75, 3.05) is 0 Å². The van der Waals surface area contributed by atoms with E-state index in [4.69, 9.17) is 23.2 Å². The van der Waals surface area contributed by atoms with E-state index < -0.39 is 0 Å². The Morgan fingerprint density at radius 2 is 1.85 bits per heavy atom. The molecule has 0 radical (unpaired) electrons. The van der Waals surface area contributed by atoms with Crippen molar-refractivity contribution in [3.05, 3.63) is 33.8 Å². The van der Waals surface area contributed by atoms with E-state index in [0.717, 1.165) is 10.6 Å². The van der Waals surface area contributed by atoms with Crippen LogP contribution in [-0.2, 0) is 0 Å². The molecule has 2 unspecified atom stereocenters. The lowest BCUT2D eigenvalue weighted by Gasteiger charge is -2.16. The highest BCUT2D eigenvalue weighted by molar-refractivity contribution is 9.09. The number of rotatable bonds is 2. The van der Waals surface area contributed by atoms with Crippen molar-refractivity contribution in [1.82, 2.24) is 0 Å². The molecule has 0 amide bonds. The topological polar surface area (TPSA) is 0 Å². The maximum Gasteiger partial charge on any atom is 0.0455 e. The summed E-state index contributed by atoms with van der Waals surface area (Å²) in [4.78, 5) is 0.408. The van der Waals surface area contributed by atoms with Gasteiger partial charge >= 0.3 is 0 Å². The van der Waals surface area contributed by atoms with Crippen molar-refractivity contribution < 1.29 is 0 Å². The Bertz CT molecular complexity index is 297. The van der Waals surface area contributed by atoms with E-state index in [1.54, 1.807) is 6.07 Å². The number of benzene rings is 1. The Hall–Kier alpha value is 0.280. The van der Waals surface area contributed by atoms with Gasteiger partial charge in [0, 0.05) is 14.9 Å². The molecular weight excluding hydrogens is 271 g/mol. The smallest absolute Gasteiger partial charge is 0.0455 e. The first-order chi connectivity index (χ1) is 6.02. The minimum Gasteiger partial charge on any atom is -0.0887 e. The van der Waals surface area contributed by atoms with Gasteiger partial charge in [0.05, 0.1) is 0 Å². The average molecular weight is 282 g/mol. The quantitative estimate of drug-likeness (QED) is 0.678. The molecule has 1 aromatic carbocycles. The zero-order valence-electron chi connectivity index (χ0n) is 7.52. The SMILES string of the molecule is CC(Br)C(C)c1ccc(Cl)cc1Cl. The molecule has 0 aliphatic heterocycles. The van der Waals surface area contributed by atoms with E-state index in [1.165, 1.54) is 0 Å². The Kier molecular flexibility index (Phi) is 4.08. The van der Waals surface area contributed by atoms with E-state index in [9.17, 15) is 0 Å². The van der Waals surface area contributed by atoms with Crippen LogP contribution < -0.4 is 0 Å². The van der Waals surface area contributed by atoms with Gasteiger partial charge in [0.1, 0.15) is 0 Å². The highest BCUT2D eigenvalue weighted by Gasteiger charge is 2.14. The first kappa shape index (κ1) is 11.4. The van der Waals surface area contributed by atoms with Gasteiger partial charge in [-0.15, -0.1) is 0 Å². The maximum atomic E-state index is 6.06. The molecule has 2 atom stereocenters. The van der Waals surface area contributed by atoms with Crippen molar-refractivity contribution in [3.63, 3.8) is 0 Å². The van der Waals surface area contributed by atoms with Gasteiger partial charge in [-0.2, -0.15) is 0 Å². The molecule has 13 heavy (non-hydrogen) atoms. The van der Waals surface area contributed by atoms with Crippen molar-refractivity contribution >= 4 is 39.1 Å². The van der Waals surface area contributed by atoms with Crippen LogP contribution in [0.4, 0.5) is 0 Å². The summed E-state index contributed by atoms with van der Waals surface area (Å²) < 4.78 is 0. The van der Waals surface area contributed by atoms with Crippen LogP contribution >= 0.6 is 39.1 Å². The molecule has 3 heteroatoms. The van der Waals surface area contributed by atoms with Crippen molar-refractivity contribution in [2.45, 2.75) is 24.6 Å². The second-order valence-electron chi connectivity index (χ2n) is 3.13. The van der Waals surface area contributed by atoms with Gasteiger partial charge in [-0.25, -0.2) is 0 Å². The summed E-state index contributed by atoms with van der Waals surface area (Å²) in [5.41, 5.74) is 1.13. The fraction of sp³-hybridized carbons (Fsp3) is 0.400. The van der Waals surface area contributed by atoms with Crippen LogP contribution in [0.5, 0.6) is 0 Å². The molecule has 0 aromatic heterocycles. The Labute approximate surface area is 97.4 Å². The lowest BCUT2D eigenvalue weighted by atomic mass is 9.99. The monoisotopic (exact) mass is 280 g/mol. The predicted octanol–water partition coefficient (Wildman–Crippen LogP) is 4.88. The third kappa shape index (κ3) is 2.87. The molecule has 0 aliphatic carbocycles. The van der Waals surface area contributed by atoms with Gasteiger partial charge in [-0.1, -0.05) is 59.0 Å². The Balaban J connectivity index is 3.01. The van der Waals surface area contributed by atoms with Crippen LogP contribution in [0.15, 0.2) is 18.2 Å². The minimum absolute atomic E-state index is 0.393. The van der Waals surface area contributed by atoms with Gasteiger partial charge in [0.25, 0.3) is 0 Å². The zero-order chi connectivity index (χ0) is 10.0. The van der Waals surface area contributed by atoms with E-state index >= 15 is 0 Å². The highest BCUT2D eigenvalue weighted by Crippen LogP contribution is 2.31. The normalized spacial score (nSPS) is 15.5. The van der Waals surface area contributed by atoms with E-state index in [-0.39, 0.29) is 0 Å². The van der Waals surface area contributed by atoms with Gasteiger partial charge in [-0.3, -0.25) is 0 Å². The molecule has 0 N–H and O–H groups in total. The number of hydrogen-bond acceptors (Lipinski definition) is 0. The van der Waals surface area contributed by atoms with E-state index in [0.29, 0.717) is 15.8 Å². The Morgan fingerprint density at radius 1 is 1.23 bits per heavy atom. The van der Waals surface area contributed by atoms with Crippen molar-refractivity contribution in [3.8, 4) is 0 Å². The van der Waals surface area contributed by atoms with Crippen LogP contribution in [0.1, 0.15) is 25.3 Å². The molecule has 0 saturated carbocycles. The molecule has 0 saturated heterocycles. The van der Waals surface area contributed by atoms with Gasteiger partial charge in [-0.05, 0) is 23.6 Å². The maximum absolute atomic E-state index is 6.06. The molecule has 72 valence electrons. The van der Waals surface area contributed by atoms with Crippen LogP contribution in [0.25, 0.3) is 0 Å². The lowest BCUT2D eigenvalue weighted by molar-refractivity contribution is 0.762. The molecule has 0 aliphatic rings. The van der Waals surface area contributed by atoms with Gasteiger partial charge in [0.15, 0.2) is 0 Å². The predicted molar refractivity (Wildman–Crippen MR) is 63.3 cm³/mol. The fourth-order valence-corrected chi connectivity index (χ4v) is 1.98. The second-order valence-corrected chi connectivity index (χ2v) is 5.42. The highest BCUT2D eigenvalue weighted by atomic mass is 79.9. The summed E-state index contributed by atoms with van der Waals surface area (Å²) in [6.45, 7) is 4.24. The summed E-state index contributed by atoms with van der Waals surface area (Å²) in [5, 5.41) is 1.43. The molecular formula is C10H11BrCl2. The van der Waals surface area contributed by atoms with Crippen LogP contribution in [-0.4, -0.2) is 4.83 Å². The summed E-state index contributed by atoms with van der Waals surface area (Å²) in [7, 11) is 0. The standard InChI is InChI=1S/C10H11BrCl2/c1-6(7(2)11)9-4-3-8(12)5-10(9)13/h3-7H,1-2H3. The number of halogens is 3. The first-order valence-electron chi connectivity index (χ1n) is 4.11. The Morgan fingerprint density at radius 3 is 2.31 bits per heavy atom. The third-order valence-corrected chi connectivity index (χ3v) is 3.50. The average Bonchev–Trinajstić information content (AvgIpc) is 2.03. The molecule has 0 spiro atoms. The summed E-state index contributed by atoms with van der Waals surface area (Å²) in [6, 6.07) is 5.63. The summed E-state index contributed by atoms with van der Waals surface area (Å²) in [5.74, 6) is 0.393. The van der Waals surface area contributed by atoms with E-state index in [1.807, 2.05) is 12.1 Å². The molecule has 0 bridgehead atoms. The van der Waals surface area contributed by atoms with Crippen LogP contribution in [0.3, 0.4) is 0 Å². The van der Waals surface area contributed by atoms with Gasteiger partial charge < -0.3 is 0 Å². The number of alkyl halides is 1. The van der Waals surface area contributed by atoms with Crippen LogP contribution in [0, 0.1) is 0 Å². The van der Waals surface area contributed by atoms with Crippen molar-refractivity contribution in [2.24, 2.45) is 0 Å². The largest absolute Gasteiger partial charge is 0.0887 e.